The van der Waals surface area contributed by atoms with Gasteiger partial charge in [-0.2, -0.15) is 0 Å². The first-order valence-electron chi connectivity index (χ1n) is 6.75. The monoisotopic (exact) mass is 263 g/mol. The van der Waals surface area contributed by atoms with Crippen LogP contribution in [-0.4, -0.2) is 30.8 Å². The lowest BCUT2D eigenvalue weighted by molar-refractivity contribution is -0.146. The van der Waals surface area contributed by atoms with Crippen molar-refractivity contribution in [1.29, 1.82) is 0 Å². The highest BCUT2D eigenvalue weighted by Crippen LogP contribution is 2.25. The molecule has 0 spiro atoms. The van der Waals surface area contributed by atoms with E-state index in [-0.39, 0.29) is 17.9 Å². The van der Waals surface area contributed by atoms with E-state index < -0.39 is 6.10 Å². The molecule has 4 nitrogen and oxygen atoms in total. The standard InChI is InChI=1S/C15H21NO3/c1-19-15(18)12-7-8-16-13(9-12)10-14(17)11-5-3-2-4-6-11/h2-6,12-14,16-17H,7-10H2,1H3. The summed E-state index contributed by atoms with van der Waals surface area (Å²) in [6, 6.07) is 9.78. The second-order valence-electron chi connectivity index (χ2n) is 5.06. The van der Waals surface area contributed by atoms with E-state index >= 15 is 0 Å². The number of piperidine rings is 1. The van der Waals surface area contributed by atoms with Crippen LogP contribution in [0.5, 0.6) is 0 Å². The Labute approximate surface area is 113 Å². The van der Waals surface area contributed by atoms with E-state index in [2.05, 4.69) is 5.32 Å². The van der Waals surface area contributed by atoms with Crippen LogP contribution in [0, 0.1) is 5.92 Å². The minimum atomic E-state index is -0.491. The van der Waals surface area contributed by atoms with Gasteiger partial charge in [-0.1, -0.05) is 30.3 Å². The molecule has 19 heavy (non-hydrogen) atoms. The van der Waals surface area contributed by atoms with Crippen molar-refractivity contribution in [3.05, 3.63) is 35.9 Å². The molecular formula is C15H21NO3. The number of esters is 1. The number of benzene rings is 1. The van der Waals surface area contributed by atoms with Crippen LogP contribution in [0.4, 0.5) is 0 Å². The molecule has 1 aromatic carbocycles. The zero-order valence-corrected chi connectivity index (χ0v) is 11.2. The molecule has 1 aliphatic heterocycles. The molecule has 1 aliphatic rings. The van der Waals surface area contributed by atoms with Gasteiger partial charge in [0.1, 0.15) is 0 Å². The Morgan fingerprint density at radius 2 is 2.21 bits per heavy atom. The van der Waals surface area contributed by atoms with E-state index in [0.717, 1.165) is 24.9 Å². The number of rotatable bonds is 4. The van der Waals surface area contributed by atoms with E-state index in [0.29, 0.717) is 6.42 Å². The molecule has 2 rings (SSSR count). The Balaban J connectivity index is 1.90. The van der Waals surface area contributed by atoms with Gasteiger partial charge < -0.3 is 15.2 Å². The highest BCUT2D eigenvalue weighted by molar-refractivity contribution is 5.72. The molecule has 104 valence electrons. The largest absolute Gasteiger partial charge is 0.469 e. The SMILES string of the molecule is COC(=O)C1CCNC(CC(O)c2ccccc2)C1. The van der Waals surface area contributed by atoms with Crippen molar-refractivity contribution in [1.82, 2.24) is 5.32 Å². The Morgan fingerprint density at radius 3 is 2.89 bits per heavy atom. The Hall–Kier alpha value is -1.39. The highest BCUT2D eigenvalue weighted by Gasteiger charge is 2.28. The van der Waals surface area contributed by atoms with Crippen molar-refractivity contribution < 1.29 is 14.6 Å². The Morgan fingerprint density at radius 1 is 1.47 bits per heavy atom. The summed E-state index contributed by atoms with van der Waals surface area (Å²) in [7, 11) is 1.43. The predicted octanol–water partition coefficient (Wildman–Crippen LogP) is 1.65. The van der Waals surface area contributed by atoms with Crippen molar-refractivity contribution in [2.75, 3.05) is 13.7 Å². The van der Waals surface area contributed by atoms with Crippen LogP contribution in [0.15, 0.2) is 30.3 Å². The summed E-state index contributed by atoms with van der Waals surface area (Å²) in [4.78, 5) is 11.6. The first-order chi connectivity index (χ1) is 9.20. The van der Waals surface area contributed by atoms with Gasteiger partial charge in [-0.25, -0.2) is 0 Å². The molecule has 2 N–H and O–H groups in total. The average Bonchev–Trinajstić information content (AvgIpc) is 2.47. The lowest BCUT2D eigenvalue weighted by Crippen LogP contribution is -2.41. The molecule has 1 aromatic rings. The first kappa shape index (κ1) is 14.0. The van der Waals surface area contributed by atoms with E-state index in [9.17, 15) is 9.90 Å². The summed E-state index contributed by atoms with van der Waals surface area (Å²) in [5.74, 6) is -0.181. The van der Waals surface area contributed by atoms with E-state index in [4.69, 9.17) is 4.74 Å². The second kappa shape index (κ2) is 6.68. The topological polar surface area (TPSA) is 58.6 Å². The molecular weight excluding hydrogens is 242 g/mol. The van der Waals surface area contributed by atoms with Crippen LogP contribution in [0.25, 0.3) is 0 Å². The summed E-state index contributed by atoms with van der Waals surface area (Å²) in [6.07, 6.45) is 1.67. The van der Waals surface area contributed by atoms with Crippen LogP contribution in [-0.2, 0) is 9.53 Å². The summed E-state index contributed by atoms with van der Waals surface area (Å²) >= 11 is 0. The van der Waals surface area contributed by atoms with Crippen LogP contribution in [0.1, 0.15) is 30.9 Å². The molecule has 3 unspecified atom stereocenters. The zero-order chi connectivity index (χ0) is 13.7. The fourth-order valence-electron chi connectivity index (χ4n) is 2.65. The molecule has 1 saturated heterocycles. The van der Waals surface area contributed by atoms with Gasteiger partial charge in [0.2, 0.25) is 0 Å². The number of carbonyl (C=O) groups is 1. The summed E-state index contributed by atoms with van der Waals surface area (Å²) in [5.41, 5.74) is 0.921. The number of carbonyl (C=O) groups excluding carboxylic acids is 1. The molecule has 0 aliphatic carbocycles. The fraction of sp³-hybridized carbons (Fsp3) is 0.533. The van der Waals surface area contributed by atoms with E-state index in [1.807, 2.05) is 30.3 Å². The lowest BCUT2D eigenvalue weighted by atomic mass is 9.88. The number of aliphatic hydroxyl groups is 1. The fourth-order valence-corrected chi connectivity index (χ4v) is 2.65. The van der Waals surface area contributed by atoms with Crippen molar-refractivity contribution in [2.24, 2.45) is 5.92 Å². The lowest BCUT2D eigenvalue weighted by Gasteiger charge is -2.30. The molecule has 0 saturated carbocycles. The van der Waals surface area contributed by atoms with Gasteiger partial charge in [-0.15, -0.1) is 0 Å². The third kappa shape index (κ3) is 3.78. The van der Waals surface area contributed by atoms with Crippen LogP contribution >= 0.6 is 0 Å². The normalized spacial score (nSPS) is 24.7. The van der Waals surface area contributed by atoms with Crippen molar-refractivity contribution in [2.45, 2.75) is 31.4 Å². The van der Waals surface area contributed by atoms with Crippen molar-refractivity contribution in [3.8, 4) is 0 Å². The number of methoxy groups -OCH3 is 1. The predicted molar refractivity (Wildman–Crippen MR) is 72.5 cm³/mol. The Bertz CT molecular complexity index is 407. The summed E-state index contributed by atoms with van der Waals surface area (Å²) < 4.78 is 4.80. The van der Waals surface area contributed by atoms with Gasteiger partial charge in [0.25, 0.3) is 0 Å². The quantitative estimate of drug-likeness (QED) is 0.811. The minimum absolute atomic E-state index is 0.0424. The molecule has 3 atom stereocenters. The second-order valence-corrected chi connectivity index (χ2v) is 5.06. The smallest absolute Gasteiger partial charge is 0.308 e. The van der Waals surface area contributed by atoms with Crippen molar-refractivity contribution in [3.63, 3.8) is 0 Å². The molecule has 0 amide bonds. The van der Waals surface area contributed by atoms with Gasteiger partial charge >= 0.3 is 5.97 Å². The maximum Gasteiger partial charge on any atom is 0.308 e. The summed E-state index contributed by atoms with van der Waals surface area (Å²) in [6.45, 7) is 0.798. The van der Waals surface area contributed by atoms with Gasteiger partial charge in [0, 0.05) is 6.04 Å². The molecule has 1 fully saturated rings. The van der Waals surface area contributed by atoms with E-state index in [1.54, 1.807) is 0 Å². The molecule has 4 heteroatoms. The number of nitrogens with one attached hydrogen (secondary N) is 1. The number of ether oxygens (including phenoxy) is 1. The van der Waals surface area contributed by atoms with Crippen molar-refractivity contribution >= 4 is 5.97 Å². The molecule has 0 aromatic heterocycles. The minimum Gasteiger partial charge on any atom is -0.469 e. The van der Waals surface area contributed by atoms with Gasteiger partial charge in [-0.05, 0) is 31.4 Å². The Kier molecular flexibility index (Phi) is 4.93. The third-order valence-corrected chi connectivity index (χ3v) is 3.72. The van der Waals surface area contributed by atoms with Gasteiger partial charge in [0.15, 0.2) is 0 Å². The zero-order valence-electron chi connectivity index (χ0n) is 11.2. The maximum absolute atomic E-state index is 11.6. The number of aliphatic hydroxyl groups excluding tert-OH is 1. The molecule has 1 heterocycles. The van der Waals surface area contributed by atoms with Crippen LogP contribution < -0.4 is 5.32 Å². The first-order valence-corrected chi connectivity index (χ1v) is 6.75. The molecule has 0 radical (unpaired) electrons. The van der Waals surface area contributed by atoms with Gasteiger partial charge in [0.05, 0.1) is 19.1 Å². The van der Waals surface area contributed by atoms with Crippen LogP contribution in [0.2, 0.25) is 0 Å². The molecule has 0 bridgehead atoms. The highest BCUT2D eigenvalue weighted by atomic mass is 16.5. The van der Waals surface area contributed by atoms with E-state index in [1.165, 1.54) is 7.11 Å². The maximum atomic E-state index is 11.6. The van der Waals surface area contributed by atoms with Gasteiger partial charge in [-0.3, -0.25) is 4.79 Å². The summed E-state index contributed by atoms with van der Waals surface area (Å²) in [5, 5.41) is 13.6. The third-order valence-electron chi connectivity index (χ3n) is 3.72. The average molecular weight is 263 g/mol. The number of hydrogen-bond donors (Lipinski definition) is 2. The van der Waals surface area contributed by atoms with Crippen LogP contribution in [0.3, 0.4) is 0 Å². The number of hydrogen-bond acceptors (Lipinski definition) is 4.